The van der Waals surface area contributed by atoms with Gasteiger partial charge < -0.3 is 15.0 Å². The van der Waals surface area contributed by atoms with Crippen molar-refractivity contribution in [2.24, 2.45) is 17.8 Å². The quantitative estimate of drug-likeness (QED) is 0.861. The third-order valence-electron chi connectivity index (χ3n) is 4.00. The van der Waals surface area contributed by atoms with Gasteiger partial charge in [-0.3, -0.25) is 4.79 Å². The van der Waals surface area contributed by atoms with Crippen molar-refractivity contribution in [1.29, 1.82) is 0 Å². The zero-order valence-electron chi connectivity index (χ0n) is 13.5. The lowest BCUT2D eigenvalue weighted by molar-refractivity contribution is -0.136. The fraction of sp³-hybridized carbons (Fsp3) is 0.867. The molecule has 0 aromatic rings. The molecular formula is C15H28N2O3. The average molecular weight is 284 g/mol. The topological polar surface area (TPSA) is 58.6 Å². The predicted octanol–water partition coefficient (Wildman–Crippen LogP) is 2.26. The second-order valence-electron chi connectivity index (χ2n) is 6.50. The number of hydrogen-bond donors (Lipinski definition) is 1. The van der Waals surface area contributed by atoms with Gasteiger partial charge in [0.05, 0.1) is 7.11 Å². The summed E-state index contributed by atoms with van der Waals surface area (Å²) in [7, 11) is 1.31. The van der Waals surface area contributed by atoms with Gasteiger partial charge in [0.1, 0.15) is 6.04 Å². The highest BCUT2D eigenvalue weighted by Crippen LogP contribution is 2.29. The van der Waals surface area contributed by atoms with Crippen LogP contribution >= 0.6 is 0 Å². The molecule has 116 valence electrons. The molecule has 1 aliphatic rings. The van der Waals surface area contributed by atoms with E-state index in [0.29, 0.717) is 11.8 Å². The first-order valence-corrected chi connectivity index (χ1v) is 7.42. The van der Waals surface area contributed by atoms with Crippen LogP contribution in [-0.4, -0.2) is 42.6 Å². The van der Waals surface area contributed by atoms with Crippen molar-refractivity contribution in [1.82, 2.24) is 10.2 Å². The van der Waals surface area contributed by atoms with Crippen LogP contribution < -0.4 is 5.32 Å². The second-order valence-corrected chi connectivity index (χ2v) is 6.50. The van der Waals surface area contributed by atoms with E-state index in [-0.39, 0.29) is 17.9 Å². The van der Waals surface area contributed by atoms with E-state index in [1.54, 1.807) is 0 Å². The summed E-state index contributed by atoms with van der Waals surface area (Å²) in [6.07, 6.45) is 0.484. The van der Waals surface area contributed by atoms with Gasteiger partial charge in [0, 0.05) is 12.6 Å². The molecule has 2 amide bonds. The number of carbonyl (C=O) groups is 2. The van der Waals surface area contributed by atoms with Crippen molar-refractivity contribution in [2.75, 3.05) is 13.7 Å². The van der Waals surface area contributed by atoms with Gasteiger partial charge in [-0.15, -0.1) is 0 Å². The van der Waals surface area contributed by atoms with Gasteiger partial charge in [-0.2, -0.15) is 0 Å². The number of alkyl carbamates (subject to hydrolysis) is 1. The minimum absolute atomic E-state index is 0.00782. The molecule has 5 heteroatoms. The standard InChI is InChI=1S/C15H28N2O3/c1-9(2)12-7-11(5)8-17(12)14(18)13(10(3)4)16-15(19)20-6/h9-13H,7-8H2,1-6H3,(H,16,19)/t11?,12-,13-/m0/s1. The highest BCUT2D eigenvalue weighted by atomic mass is 16.5. The molecule has 1 saturated heterocycles. The maximum atomic E-state index is 12.8. The molecule has 5 nitrogen and oxygen atoms in total. The molecule has 0 saturated carbocycles. The van der Waals surface area contributed by atoms with Crippen LogP contribution in [0.2, 0.25) is 0 Å². The molecule has 1 N–H and O–H groups in total. The van der Waals surface area contributed by atoms with Crippen molar-refractivity contribution in [2.45, 2.75) is 53.1 Å². The highest BCUT2D eigenvalue weighted by molar-refractivity contribution is 5.86. The monoisotopic (exact) mass is 284 g/mol. The van der Waals surface area contributed by atoms with Gasteiger partial charge in [-0.1, -0.05) is 34.6 Å². The van der Waals surface area contributed by atoms with Gasteiger partial charge in [-0.05, 0) is 24.2 Å². The predicted molar refractivity (Wildman–Crippen MR) is 78.3 cm³/mol. The van der Waals surface area contributed by atoms with Crippen LogP contribution in [0.5, 0.6) is 0 Å². The SMILES string of the molecule is COC(=O)N[C@H](C(=O)N1CC(C)C[C@H]1C(C)C)C(C)C. The summed E-state index contributed by atoms with van der Waals surface area (Å²) >= 11 is 0. The largest absolute Gasteiger partial charge is 0.453 e. The van der Waals surface area contributed by atoms with Crippen molar-refractivity contribution in [3.63, 3.8) is 0 Å². The molecule has 0 aromatic heterocycles. The van der Waals surface area contributed by atoms with E-state index in [1.807, 2.05) is 18.7 Å². The van der Waals surface area contributed by atoms with Crippen LogP contribution in [0, 0.1) is 17.8 Å². The summed E-state index contributed by atoms with van der Waals surface area (Å²) in [5.41, 5.74) is 0. The molecule has 0 bridgehead atoms. The molecule has 0 radical (unpaired) electrons. The van der Waals surface area contributed by atoms with Crippen LogP contribution in [0.1, 0.15) is 41.0 Å². The van der Waals surface area contributed by atoms with Gasteiger partial charge in [-0.25, -0.2) is 4.79 Å². The Morgan fingerprint density at radius 3 is 2.30 bits per heavy atom. The average Bonchev–Trinajstić information content (AvgIpc) is 2.76. The fourth-order valence-corrected chi connectivity index (χ4v) is 2.85. The van der Waals surface area contributed by atoms with Crippen LogP contribution in [-0.2, 0) is 9.53 Å². The van der Waals surface area contributed by atoms with E-state index in [2.05, 4.69) is 30.8 Å². The van der Waals surface area contributed by atoms with Gasteiger partial charge >= 0.3 is 6.09 Å². The van der Waals surface area contributed by atoms with E-state index in [9.17, 15) is 9.59 Å². The summed E-state index contributed by atoms with van der Waals surface area (Å²) in [4.78, 5) is 26.1. The lowest BCUT2D eigenvalue weighted by atomic mass is 9.97. The number of methoxy groups -OCH3 is 1. The van der Waals surface area contributed by atoms with Crippen molar-refractivity contribution in [3.05, 3.63) is 0 Å². The first-order valence-electron chi connectivity index (χ1n) is 7.42. The van der Waals surface area contributed by atoms with Crippen LogP contribution in [0.25, 0.3) is 0 Å². The molecule has 1 rings (SSSR count). The minimum atomic E-state index is -0.551. The first kappa shape index (κ1) is 16.8. The van der Waals surface area contributed by atoms with Crippen LogP contribution in [0.3, 0.4) is 0 Å². The van der Waals surface area contributed by atoms with Crippen molar-refractivity contribution < 1.29 is 14.3 Å². The first-order chi connectivity index (χ1) is 9.27. The maximum absolute atomic E-state index is 12.8. The highest BCUT2D eigenvalue weighted by Gasteiger charge is 2.39. The Morgan fingerprint density at radius 2 is 1.85 bits per heavy atom. The molecule has 0 spiro atoms. The number of nitrogens with zero attached hydrogens (tertiary/aromatic N) is 1. The summed E-state index contributed by atoms with van der Waals surface area (Å²) in [5, 5.41) is 2.66. The summed E-state index contributed by atoms with van der Waals surface area (Å²) in [5.74, 6) is 0.978. The Hall–Kier alpha value is -1.26. The number of nitrogens with one attached hydrogen (secondary N) is 1. The summed E-state index contributed by atoms with van der Waals surface area (Å²) in [6, 6.07) is -0.257. The van der Waals surface area contributed by atoms with E-state index >= 15 is 0 Å². The molecule has 0 aliphatic carbocycles. The zero-order valence-corrected chi connectivity index (χ0v) is 13.5. The number of carbonyl (C=O) groups excluding carboxylic acids is 2. The van der Waals surface area contributed by atoms with Crippen molar-refractivity contribution >= 4 is 12.0 Å². The smallest absolute Gasteiger partial charge is 0.407 e. The molecule has 1 unspecified atom stereocenters. The Morgan fingerprint density at radius 1 is 1.25 bits per heavy atom. The van der Waals surface area contributed by atoms with E-state index < -0.39 is 12.1 Å². The van der Waals surface area contributed by atoms with Gasteiger partial charge in [0.25, 0.3) is 0 Å². The van der Waals surface area contributed by atoms with E-state index in [0.717, 1.165) is 13.0 Å². The van der Waals surface area contributed by atoms with E-state index in [4.69, 9.17) is 0 Å². The lowest BCUT2D eigenvalue weighted by Gasteiger charge is -2.32. The Labute approximate surface area is 122 Å². The maximum Gasteiger partial charge on any atom is 0.407 e. The summed E-state index contributed by atoms with van der Waals surface area (Å²) in [6.45, 7) is 11.1. The third-order valence-corrected chi connectivity index (χ3v) is 4.00. The Kier molecular flexibility index (Phi) is 5.84. The number of likely N-dealkylation sites (tertiary alicyclic amines) is 1. The third kappa shape index (κ3) is 3.87. The minimum Gasteiger partial charge on any atom is -0.453 e. The number of ether oxygens (including phenoxy) is 1. The molecular weight excluding hydrogens is 256 g/mol. The van der Waals surface area contributed by atoms with Crippen molar-refractivity contribution in [3.8, 4) is 0 Å². The second kappa shape index (κ2) is 6.95. The van der Waals surface area contributed by atoms with Crippen LogP contribution in [0.4, 0.5) is 4.79 Å². The molecule has 1 fully saturated rings. The normalized spacial score (nSPS) is 24.1. The van der Waals surface area contributed by atoms with Crippen LogP contribution in [0.15, 0.2) is 0 Å². The number of hydrogen-bond acceptors (Lipinski definition) is 3. The fourth-order valence-electron chi connectivity index (χ4n) is 2.85. The zero-order chi connectivity index (χ0) is 15.4. The number of amides is 2. The summed E-state index contributed by atoms with van der Waals surface area (Å²) < 4.78 is 4.62. The number of rotatable bonds is 4. The molecule has 1 heterocycles. The lowest BCUT2D eigenvalue weighted by Crippen LogP contribution is -2.53. The van der Waals surface area contributed by atoms with Gasteiger partial charge in [0.15, 0.2) is 0 Å². The van der Waals surface area contributed by atoms with E-state index in [1.165, 1.54) is 7.11 Å². The Balaban J connectivity index is 2.85. The molecule has 20 heavy (non-hydrogen) atoms. The van der Waals surface area contributed by atoms with Gasteiger partial charge in [0.2, 0.25) is 5.91 Å². The Bertz CT molecular complexity index is 355. The molecule has 0 aromatic carbocycles. The molecule has 3 atom stereocenters. The molecule has 1 aliphatic heterocycles.